The Morgan fingerprint density at radius 2 is 2.35 bits per heavy atom. The third-order valence-electron chi connectivity index (χ3n) is 1.94. The molecular formula is C9H9BrN2O3S2. The second-order valence-corrected chi connectivity index (χ2v) is 7.05. The molecule has 0 radical (unpaired) electrons. The number of aryl methyl sites for hydroxylation is 1. The van der Waals surface area contributed by atoms with E-state index in [2.05, 4.69) is 25.8 Å². The standard InChI is InChI=1S/C9H9BrN2O3S2/c1-6-4-7(15-12-6)5-11-17(13,14)9-8(10)2-3-16-9/h2-4,11H,5H2,1H3. The minimum absolute atomic E-state index is 0.0908. The Bertz CT molecular complexity index is 618. The minimum Gasteiger partial charge on any atom is -0.360 e. The van der Waals surface area contributed by atoms with Gasteiger partial charge in [0.2, 0.25) is 0 Å². The van der Waals surface area contributed by atoms with Crippen LogP contribution in [-0.4, -0.2) is 13.6 Å². The van der Waals surface area contributed by atoms with E-state index in [-0.39, 0.29) is 10.8 Å². The van der Waals surface area contributed by atoms with Crippen LogP contribution in [0.5, 0.6) is 0 Å². The number of hydrogen-bond donors (Lipinski definition) is 1. The average molecular weight is 337 g/mol. The van der Waals surface area contributed by atoms with Crippen LogP contribution in [0.2, 0.25) is 0 Å². The molecule has 1 N–H and O–H groups in total. The SMILES string of the molecule is Cc1cc(CNS(=O)(=O)c2sccc2Br)on1. The number of nitrogens with one attached hydrogen (secondary N) is 1. The Labute approximate surface area is 111 Å². The average Bonchev–Trinajstić information content (AvgIpc) is 2.85. The van der Waals surface area contributed by atoms with Gasteiger partial charge >= 0.3 is 0 Å². The molecule has 0 unspecified atom stereocenters. The van der Waals surface area contributed by atoms with Crippen LogP contribution in [0.3, 0.4) is 0 Å². The van der Waals surface area contributed by atoms with Crippen LogP contribution in [0.1, 0.15) is 11.5 Å². The molecule has 0 aromatic carbocycles. The van der Waals surface area contributed by atoms with Crippen molar-refractivity contribution < 1.29 is 12.9 Å². The summed E-state index contributed by atoms with van der Waals surface area (Å²) in [5, 5.41) is 5.39. The molecule has 5 nitrogen and oxygen atoms in total. The molecule has 0 bridgehead atoms. The zero-order chi connectivity index (χ0) is 12.5. The summed E-state index contributed by atoms with van der Waals surface area (Å²) in [6, 6.07) is 3.38. The topological polar surface area (TPSA) is 72.2 Å². The van der Waals surface area contributed by atoms with E-state index in [4.69, 9.17) is 4.52 Å². The smallest absolute Gasteiger partial charge is 0.251 e. The van der Waals surface area contributed by atoms with Crippen LogP contribution in [0, 0.1) is 6.92 Å². The molecular weight excluding hydrogens is 328 g/mol. The Hall–Kier alpha value is -0.700. The molecule has 2 rings (SSSR count). The molecule has 2 aromatic rings. The van der Waals surface area contributed by atoms with Gasteiger partial charge in [-0.25, -0.2) is 13.1 Å². The van der Waals surface area contributed by atoms with Crippen LogP contribution in [0.4, 0.5) is 0 Å². The number of rotatable bonds is 4. The highest BCUT2D eigenvalue weighted by atomic mass is 79.9. The lowest BCUT2D eigenvalue weighted by molar-refractivity contribution is 0.377. The fourth-order valence-electron chi connectivity index (χ4n) is 1.20. The predicted octanol–water partition coefficient (Wildman–Crippen LogP) is 2.29. The van der Waals surface area contributed by atoms with Gasteiger partial charge in [0.1, 0.15) is 4.21 Å². The first-order valence-corrected chi connectivity index (χ1v) is 7.79. The molecule has 92 valence electrons. The van der Waals surface area contributed by atoms with E-state index in [0.29, 0.717) is 10.2 Å². The van der Waals surface area contributed by atoms with E-state index in [1.165, 1.54) is 0 Å². The lowest BCUT2D eigenvalue weighted by Crippen LogP contribution is -2.22. The Balaban J connectivity index is 2.11. The fraction of sp³-hybridized carbons (Fsp3) is 0.222. The quantitative estimate of drug-likeness (QED) is 0.929. The maximum absolute atomic E-state index is 11.9. The normalized spacial score (nSPS) is 11.9. The minimum atomic E-state index is -3.50. The highest BCUT2D eigenvalue weighted by molar-refractivity contribution is 9.10. The molecule has 0 saturated heterocycles. The molecule has 8 heteroatoms. The van der Waals surface area contributed by atoms with Gasteiger partial charge in [0.25, 0.3) is 10.0 Å². The first-order valence-electron chi connectivity index (χ1n) is 4.64. The van der Waals surface area contributed by atoms with E-state index in [0.717, 1.165) is 17.0 Å². The zero-order valence-electron chi connectivity index (χ0n) is 8.81. The molecule has 17 heavy (non-hydrogen) atoms. The van der Waals surface area contributed by atoms with Crippen molar-refractivity contribution in [2.45, 2.75) is 17.7 Å². The molecule has 0 fully saturated rings. The van der Waals surface area contributed by atoms with Crippen LogP contribution in [-0.2, 0) is 16.6 Å². The molecule has 0 spiro atoms. The van der Waals surface area contributed by atoms with Crippen molar-refractivity contribution in [2.75, 3.05) is 0 Å². The fourth-order valence-corrected chi connectivity index (χ4v) is 4.58. The summed E-state index contributed by atoms with van der Waals surface area (Å²) in [4.78, 5) is 0. The van der Waals surface area contributed by atoms with Gasteiger partial charge in [0.05, 0.1) is 12.2 Å². The summed E-state index contributed by atoms with van der Waals surface area (Å²) in [5.74, 6) is 0.485. The van der Waals surface area contributed by atoms with Crippen LogP contribution in [0.15, 0.2) is 30.7 Å². The van der Waals surface area contributed by atoms with E-state index < -0.39 is 10.0 Å². The molecule has 0 amide bonds. The van der Waals surface area contributed by atoms with Crippen molar-refractivity contribution >= 4 is 37.3 Å². The second kappa shape index (κ2) is 4.89. The highest BCUT2D eigenvalue weighted by Gasteiger charge is 2.19. The number of hydrogen-bond acceptors (Lipinski definition) is 5. The second-order valence-electron chi connectivity index (χ2n) is 3.32. The van der Waals surface area contributed by atoms with Crippen molar-refractivity contribution in [1.29, 1.82) is 0 Å². The van der Waals surface area contributed by atoms with Gasteiger partial charge in [-0.05, 0) is 34.3 Å². The molecule has 2 heterocycles. The Morgan fingerprint density at radius 3 is 2.88 bits per heavy atom. The lowest BCUT2D eigenvalue weighted by atomic mass is 10.4. The molecule has 0 aliphatic rings. The van der Waals surface area contributed by atoms with Gasteiger partial charge in [-0.1, -0.05) is 5.16 Å². The molecule has 0 atom stereocenters. The number of thiophene rings is 1. The summed E-state index contributed by atoms with van der Waals surface area (Å²) in [6.45, 7) is 1.87. The number of halogens is 1. The van der Waals surface area contributed by atoms with Gasteiger partial charge in [-0.3, -0.25) is 0 Å². The van der Waals surface area contributed by atoms with Crippen LogP contribution in [0.25, 0.3) is 0 Å². The van der Waals surface area contributed by atoms with Crippen molar-refractivity contribution in [1.82, 2.24) is 9.88 Å². The van der Waals surface area contributed by atoms with Gasteiger partial charge in [-0.15, -0.1) is 11.3 Å². The summed E-state index contributed by atoms with van der Waals surface area (Å²) < 4.78 is 32.0. The first kappa shape index (κ1) is 12.7. The predicted molar refractivity (Wildman–Crippen MR) is 67.3 cm³/mol. The Kier molecular flexibility index (Phi) is 3.67. The van der Waals surface area contributed by atoms with Crippen molar-refractivity contribution in [3.8, 4) is 0 Å². The van der Waals surface area contributed by atoms with E-state index in [1.54, 1.807) is 24.4 Å². The number of nitrogens with zero attached hydrogens (tertiary/aromatic N) is 1. The molecule has 2 aromatic heterocycles. The largest absolute Gasteiger partial charge is 0.360 e. The van der Waals surface area contributed by atoms with Crippen LogP contribution >= 0.6 is 27.3 Å². The summed E-state index contributed by atoms with van der Waals surface area (Å²) in [7, 11) is -3.50. The van der Waals surface area contributed by atoms with Gasteiger partial charge in [0, 0.05) is 10.5 Å². The maximum atomic E-state index is 11.9. The van der Waals surface area contributed by atoms with Crippen molar-refractivity contribution in [3.63, 3.8) is 0 Å². The lowest BCUT2D eigenvalue weighted by Gasteiger charge is -2.02. The van der Waals surface area contributed by atoms with Crippen molar-refractivity contribution in [3.05, 3.63) is 33.4 Å². The maximum Gasteiger partial charge on any atom is 0.251 e. The van der Waals surface area contributed by atoms with Gasteiger partial charge in [-0.2, -0.15) is 0 Å². The van der Waals surface area contributed by atoms with E-state index in [9.17, 15) is 8.42 Å². The molecule has 0 aliphatic carbocycles. The molecule has 0 aliphatic heterocycles. The van der Waals surface area contributed by atoms with Crippen LogP contribution < -0.4 is 4.72 Å². The zero-order valence-corrected chi connectivity index (χ0v) is 12.0. The summed E-state index contributed by atoms with van der Waals surface area (Å²) in [5.41, 5.74) is 0.719. The summed E-state index contributed by atoms with van der Waals surface area (Å²) >= 11 is 4.34. The third kappa shape index (κ3) is 2.95. The monoisotopic (exact) mass is 336 g/mol. The Morgan fingerprint density at radius 1 is 1.59 bits per heavy atom. The van der Waals surface area contributed by atoms with Gasteiger partial charge in [0.15, 0.2) is 5.76 Å². The number of sulfonamides is 1. The molecule has 0 saturated carbocycles. The summed E-state index contributed by atoms with van der Waals surface area (Å²) in [6.07, 6.45) is 0. The number of aromatic nitrogens is 1. The third-order valence-corrected chi connectivity index (χ3v) is 6.01. The highest BCUT2D eigenvalue weighted by Crippen LogP contribution is 2.27. The van der Waals surface area contributed by atoms with E-state index >= 15 is 0 Å². The van der Waals surface area contributed by atoms with Crippen molar-refractivity contribution in [2.24, 2.45) is 0 Å². The van der Waals surface area contributed by atoms with Gasteiger partial charge < -0.3 is 4.52 Å². The van der Waals surface area contributed by atoms with E-state index in [1.807, 2.05) is 0 Å². The first-order chi connectivity index (χ1) is 7.99.